The van der Waals surface area contributed by atoms with Crippen LogP contribution in [0, 0.1) is 15.5 Å². The lowest BCUT2D eigenvalue weighted by Crippen LogP contribution is -2.44. The van der Waals surface area contributed by atoms with Crippen molar-refractivity contribution in [1.29, 1.82) is 0 Å². The highest BCUT2D eigenvalue weighted by Gasteiger charge is 2.72. The monoisotopic (exact) mass is 576 g/mol. The highest BCUT2D eigenvalue weighted by atomic mass is 35.5. The Morgan fingerprint density at radius 2 is 1.50 bits per heavy atom. The normalized spacial score (nSPS) is 21.2. The van der Waals surface area contributed by atoms with Gasteiger partial charge in [-0.15, -0.1) is 0 Å². The Kier molecular flexibility index (Phi) is 5.81. The third-order valence-corrected chi connectivity index (χ3v) is 8.67. The first-order valence-electron chi connectivity index (χ1n) is 13.2. The average molecular weight is 577 g/mol. The van der Waals surface area contributed by atoms with Crippen LogP contribution in [0.25, 0.3) is 0 Å². The van der Waals surface area contributed by atoms with E-state index in [0.29, 0.717) is 21.8 Å². The third-order valence-electron chi connectivity index (χ3n) is 8.42. The molecule has 1 amide bonds. The molecule has 4 aromatic rings. The Hall–Kier alpha value is -5.15. The number of benzene rings is 4. The maximum atomic E-state index is 14.7. The van der Waals surface area contributed by atoms with Gasteiger partial charge in [0.15, 0.2) is 11.6 Å². The van der Waals surface area contributed by atoms with Crippen molar-refractivity contribution in [2.45, 2.75) is 18.0 Å². The van der Waals surface area contributed by atoms with Gasteiger partial charge in [0, 0.05) is 39.9 Å². The zero-order valence-electron chi connectivity index (χ0n) is 21.8. The van der Waals surface area contributed by atoms with Crippen LogP contribution < -0.4 is 5.32 Å². The van der Waals surface area contributed by atoms with Gasteiger partial charge in [-0.25, -0.2) is 0 Å². The number of nitrogens with zero attached hydrogens (tertiary/aromatic N) is 3. The molecular formula is C32H21ClN4O5. The number of Topliss-reactive ketones (excluding diaryl/α,β-unsaturated/α-hetero) is 2. The number of carbonyl (C=O) groups is 3. The second kappa shape index (κ2) is 9.46. The maximum Gasteiger partial charge on any atom is 0.269 e. The summed E-state index contributed by atoms with van der Waals surface area (Å²) in [4.78, 5) is 54.5. The molecule has 1 spiro atoms. The molecule has 0 unspecified atom stereocenters. The van der Waals surface area contributed by atoms with Crippen molar-refractivity contribution in [3.63, 3.8) is 0 Å². The van der Waals surface area contributed by atoms with E-state index in [4.69, 9.17) is 11.6 Å². The van der Waals surface area contributed by atoms with Crippen molar-refractivity contribution in [2.24, 2.45) is 10.5 Å². The van der Waals surface area contributed by atoms with Gasteiger partial charge in [-0.1, -0.05) is 72.3 Å². The lowest BCUT2D eigenvalue weighted by atomic mass is 9.63. The summed E-state index contributed by atoms with van der Waals surface area (Å²) < 4.78 is 0. The molecule has 2 aliphatic heterocycles. The molecule has 1 N–H and O–H groups in total. The molecule has 1 saturated heterocycles. The number of amides is 1. The highest BCUT2D eigenvalue weighted by Crippen LogP contribution is 2.64. The SMILES string of the molecule is O=C(Nc1ccc(Cl)cc1)[C@@H]1[C@H](c2ccc([N+](=O)[O-])cc2)C2(C(=O)c3ccccc3C2=O)[C@H]2c3ccccc3C=NN12. The molecule has 1 aliphatic carbocycles. The Morgan fingerprint density at radius 3 is 2.14 bits per heavy atom. The van der Waals surface area contributed by atoms with E-state index >= 15 is 0 Å². The van der Waals surface area contributed by atoms with E-state index in [1.54, 1.807) is 59.8 Å². The minimum Gasteiger partial charge on any atom is -0.324 e. The van der Waals surface area contributed by atoms with Gasteiger partial charge in [-0.2, -0.15) is 5.10 Å². The quantitative estimate of drug-likeness (QED) is 0.186. The lowest BCUT2D eigenvalue weighted by Gasteiger charge is -2.36. The Balaban J connectivity index is 1.48. The topological polar surface area (TPSA) is 122 Å². The number of nitrogens with one attached hydrogen (secondary N) is 1. The second-order valence-electron chi connectivity index (χ2n) is 10.5. The first-order chi connectivity index (χ1) is 20.3. The number of nitro groups is 1. The van der Waals surface area contributed by atoms with Crippen molar-refractivity contribution >= 4 is 46.7 Å². The molecule has 1 fully saturated rings. The standard InChI is InChI=1S/C32H21ClN4O5/c33-20-11-13-21(14-12-20)35-31(40)27-26(18-9-15-22(16-10-18)37(41)42)32(29(38)24-7-3-4-8-25(24)30(32)39)28-23-6-2-1-5-19(23)17-34-36(27)28/h1-17,26-28H,(H,35,40)/t26-,27-,28+/m0/s1. The summed E-state index contributed by atoms with van der Waals surface area (Å²) >= 11 is 6.05. The van der Waals surface area contributed by atoms with E-state index in [1.165, 1.54) is 24.3 Å². The summed E-state index contributed by atoms with van der Waals surface area (Å²) in [7, 11) is 0. The van der Waals surface area contributed by atoms with Crippen molar-refractivity contribution in [3.05, 3.63) is 140 Å². The van der Waals surface area contributed by atoms with Crippen LogP contribution in [0.3, 0.4) is 0 Å². The number of anilines is 1. The van der Waals surface area contributed by atoms with E-state index in [9.17, 15) is 24.5 Å². The predicted molar refractivity (Wildman–Crippen MR) is 156 cm³/mol. The summed E-state index contributed by atoms with van der Waals surface area (Å²) in [5.41, 5.74) is 0.968. The fourth-order valence-electron chi connectivity index (χ4n) is 6.70. The Bertz CT molecular complexity index is 1800. The summed E-state index contributed by atoms with van der Waals surface area (Å²) in [5.74, 6) is -2.34. The first-order valence-corrected chi connectivity index (χ1v) is 13.6. The van der Waals surface area contributed by atoms with E-state index in [0.717, 1.165) is 5.56 Å². The van der Waals surface area contributed by atoms with Gasteiger partial charge in [-0.05, 0) is 41.0 Å². The zero-order chi connectivity index (χ0) is 29.2. The third kappa shape index (κ3) is 3.56. The molecule has 3 atom stereocenters. The van der Waals surface area contributed by atoms with Crippen molar-refractivity contribution < 1.29 is 19.3 Å². The molecule has 2 heterocycles. The van der Waals surface area contributed by atoms with Crippen LogP contribution in [0.15, 0.2) is 102 Å². The number of rotatable bonds is 4. The molecule has 9 nitrogen and oxygen atoms in total. The number of hydrazone groups is 1. The minimum absolute atomic E-state index is 0.151. The van der Waals surface area contributed by atoms with Crippen LogP contribution in [-0.2, 0) is 4.79 Å². The number of nitro benzene ring substituents is 1. The first kappa shape index (κ1) is 25.8. The molecule has 0 bridgehead atoms. The summed E-state index contributed by atoms with van der Waals surface area (Å²) in [6.07, 6.45) is 1.62. The van der Waals surface area contributed by atoms with E-state index in [1.807, 2.05) is 24.3 Å². The van der Waals surface area contributed by atoms with Crippen molar-refractivity contribution in [3.8, 4) is 0 Å². The smallest absolute Gasteiger partial charge is 0.269 e. The number of fused-ring (bicyclic) bond motifs is 5. The fraction of sp³-hybridized carbons (Fsp3) is 0.125. The van der Waals surface area contributed by atoms with Gasteiger partial charge in [-0.3, -0.25) is 29.5 Å². The lowest BCUT2D eigenvalue weighted by molar-refractivity contribution is -0.384. The Labute approximate surface area is 244 Å². The predicted octanol–water partition coefficient (Wildman–Crippen LogP) is 5.81. The largest absolute Gasteiger partial charge is 0.324 e. The number of halogens is 1. The minimum atomic E-state index is -1.77. The van der Waals surface area contributed by atoms with Gasteiger partial charge in [0.25, 0.3) is 5.69 Å². The number of carbonyl (C=O) groups excluding carboxylic acids is 3. The molecule has 206 valence electrons. The molecule has 0 saturated carbocycles. The molecule has 10 heteroatoms. The number of non-ortho nitro benzene ring substituents is 1. The van der Waals surface area contributed by atoms with Gasteiger partial charge in [0.05, 0.1) is 17.2 Å². The second-order valence-corrected chi connectivity index (χ2v) is 10.9. The van der Waals surface area contributed by atoms with Gasteiger partial charge >= 0.3 is 0 Å². The van der Waals surface area contributed by atoms with Crippen LogP contribution in [0.4, 0.5) is 11.4 Å². The van der Waals surface area contributed by atoms with Gasteiger partial charge in [0.1, 0.15) is 11.5 Å². The molecule has 3 aliphatic rings. The molecule has 4 aromatic carbocycles. The number of hydrogen-bond acceptors (Lipinski definition) is 7. The van der Waals surface area contributed by atoms with Crippen LogP contribution >= 0.6 is 11.6 Å². The molecule has 0 aromatic heterocycles. The fourth-order valence-corrected chi connectivity index (χ4v) is 6.83. The Morgan fingerprint density at radius 1 is 0.881 bits per heavy atom. The van der Waals surface area contributed by atoms with E-state index in [-0.39, 0.29) is 16.8 Å². The van der Waals surface area contributed by atoms with Crippen molar-refractivity contribution in [2.75, 3.05) is 5.32 Å². The van der Waals surface area contributed by atoms with Crippen LogP contribution in [0.5, 0.6) is 0 Å². The highest BCUT2D eigenvalue weighted by molar-refractivity contribution is 6.31. The van der Waals surface area contributed by atoms with Gasteiger partial charge < -0.3 is 5.32 Å². The molecule has 7 rings (SSSR count). The van der Waals surface area contributed by atoms with E-state index in [2.05, 4.69) is 10.4 Å². The average Bonchev–Trinajstić information content (AvgIpc) is 3.44. The summed E-state index contributed by atoms with van der Waals surface area (Å²) in [6.45, 7) is 0. The van der Waals surface area contributed by atoms with E-state index < -0.39 is 45.8 Å². The van der Waals surface area contributed by atoms with Gasteiger partial charge in [0.2, 0.25) is 5.91 Å². The zero-order valence-corrected chi connectivity index (χ0v) is 22.6. The van der Waals surface area contributed by atoms with Crippen LogP contribution in [0.2, 0.25) is 5.02 Å². The van der Waals surface area contributed by atoms with Crippen LogP contribution in [0.1, 0.15) is 49.4 Å². The molecule has 42 heavy (non-hydrogen) atoms. The summed E-state index contributed by atoms with van der Waals surface area (Å²) in [6, 6.07) is 24.2. The molecule has 0 radical (unpaired) electrons. The van der Waals surface area contributed by atoms with Crippen molar-refractivity contribution in [1.82, 2.24) is 5.01 Å². The molecular weight excluding hydrogens is 556 g/mol. The maximum absolute atomic E-state index is 14.7. The number of hydrogen-bond donors (Lipinski definition) is 1. The number of ketones is 2. The van der Waals surface area contributed by atoms with Crippen LogP contribution in [-0.4, -0.2) is 39.7 Å². The summed E-state index contributed by atoms with van der Waals surface area (Å²) in [5, 5.41) is 21.1.